The van der Waals surface area contributed by atoms with Gasteiger partial charge in [0.05, 0.1) is 12.1 Å². The molecule has 0 aliphatic heterocycles. The molecular weight excluding hydrogens is 309 g/mol. The van der Waals surface area contributed by atoms with E-state index in [4.69, 9.17) is 0 Å². The number of aromatic nitrogens is 3. The lowest BCUT2D eigenvalue weighted by molar-refractivity contribution is -0.137. The van der Waals surface area contributed by atoms with Gasteiger partial charge in [-0.2, -0.15) is 13.2 Å². The van der Waals surface area contributed by atoms with Crippen LogP contribution in [-0.2, 0) is 12.7 Å². The fraction of sp³-hybridized carbons (Fsp3) is 0.500. The molecule has 1 unspecified atom stereocenters. The number of hydrogen-bond donors (Lipinski definition) is 2. The quantitative estimate of drug-likeness (QED) is 0.667. The molecule has 0 fully saturated rings. The topological polar surface area (TPSA) is 66.6 Å². The minimum Gasteiger partial charge on any atom is -0.354 e. The number of aliphatic imine (C=N–C) groups is 1. The molecule has 0 radical (unpaired) electrons. The Labute approximate surface area is 131 Å². The predicted molar refractivity (Wildman–Crippen MR) is 81.1 cm³/mol. The van der Waals surface area contributed by atoms with Gasteiger partial charge in [-0.05, 0) is 25.5 Å². The molecule has 6 nitrogen and oxygen atoms in total. The van der Waals surface area contributed by atoms with Gasteiger partial charge < -0.3 is 10.6 Å². The van der Waals surface area contributed by atoms with Crippen molar-refractivity contribution in [1.29, 1.82) is 0 Å². The van der Waals surface area contributed by atoms with Crippen LogP contribution in [0.1, 0.15) is 31.7 Å². The van der Waals surface area contributed by atoms with Crippen molar-refractivity contribution in [3.05, 3.63) is 29.7 Å². The summed E-state index contributed by atoms with van der Waals surface area (Å²) in [6, 6.07) is 2.52. The number of pyridine rings is 1. The average molecular weight is 328 g/mol. The Morgan fingerprint density at radius 3 is 2.70 bits per heavy atom. The molecule has 0 saturated heterocycles. The molecule has 2 heterocycles. The summed E-state index contributed by atoms with van der Waals surface area (Å²) in [6.07, 6.45) is -2.49. The van der Waals surface area contributed by atoms with Gasteiger partial charge in [-0.25, -0.2) is 0 Å². The number of hydrogen-bond acceptors (Lipinski definition) is 3. The lowest BCUT2D eigenvalue weighted by Gasteiger charge is -2.16. The second-order valence-electron chi connectivity index (χ2n) is 5.14. The van der Waals surface area contributed by atoms with Gasteiger partial charge in [0.15, 0.2) is 17.4 Å². The third-order valence-corrected chi connectivity index (χ3v) is 3.43. The van der Waals surface area contributed by atoms with Gasteiger partial charge in [0.2, 0.25) is 0 Å². The van der Waals surface area contributed by atoms with E-state index in [1.165, 1.54) is 10.5 Å². The number of nitrogens with zero attached hydrogens (tertiary/aromatic N) is 4. The van der Waals surface area contributed by atoms with E-state index in [0.29, 0.717) is 17.4 Å². The molecule has 2 aromatic rings. The molecule has 126 valence electrons. The summed E-state index contributed by atoms with van der Waals surface area (Å²) in [5.41, 5.74) is -0.382. The maximum absolute atomic E-state index is 12.8. The molecule has 0 amide bonds. The largest absolute Gasteiger partial charge is 0.417 e. The Bertz CT molecular complexity index is 691. The van der Waals surface area contributed by atoms with Crippen molar-refractivity contribution in [1.82, 2.24) is 25.2 Å². The van der Waals surface area contributed by atoms with Crippen molar-refractivity contribution in [2.24, 2.45) is 4.99 Å². The molecular formula is C14H19F3N6. The van der Waals surface area contributed by atoms with E-state index in [2.05, 4.69) is 25.8 Å². The van der Waals surface area contributed by atoms with Gasteiger partial charge in [-0.3, -0.25) is 9.39 Å². The standard InChI is InChI=1S/C14H19F3N6/c1-4-9(2)20-13(18-3)19-7-12-22-21-11-6-5-10(8-23(11)12)14(15,16)17/h5-6,8-9H,4,7H2,1-3H3,(H2,18,19,20). The molecule has 2 aromatic heterocycles. The second kappa shape index (κ2) is 6.84. The number of guanidine groups is 1. The summed E-state index contributed by atoms with van der Waals surface area (Å²) < 4.78 is 39.7. The highest BCUT2D eigenvalue weighted by molar-refractivity contribution is 5.79. The molecule has 0 aliphatic carbocycles. The van der Waals surface area contributed by atoms with Gasteiger partial charge in [0, 0.05) is 19.3 Å². The van der Waals surface area contributed by atoms with Crippen LogP contribution in [0.25, 0.3) is 5.65 Å². The zero-order chi connectivity index (χ0) is 17.0. The molecule has 0 bridgehead atoms. The highest BCUT2D eigenvalue weighted by Crippen LogP contribution is 2.29. The van der Waals surface area contributed by atoms with Crippen LogP contribution in [0.15, 0.2) is 23.3 Å². The molecule has 0 spiro atoms. The Kier molecular flexibility index (Phi) is 5.07. The monoisotopic (exact) mass is 328 g/mol. The van der Waals surface area contributed by atoms with Crippen LogP contribution >= 0.6 is 0 Å². The number of fused-ring (bicyclic) bond motifs is 1. The first-order valence-electron chi connectivity index (χ1n) is 7.23. The van der Waals surface area contributed by atoms with Crippen molar-refractivity contribution in [3.8, 4) is 0 Å². The lowest BCUT2D eigenvalue weighted by Crippen LogP contribution is -2.41. The summed E-state index contributed by atoms with van der Waals surface area (Å²) in [5, 5.41) is 14.0. The average Bonchev–Trinajstić information content (AvgIpc) is 2.92. The molecule has 0 saturated carbocycles. The maximum atomic E-state index is 12.8. The Hall–Kier alpha value is -2.32. The van der Waals surface area contributed by atoms with E-state index >= 15 is 0 Å². The van der Waals surface area contributed by atoms with E-state index < -0.39 is 11.7 Å². The molecule has 0 aromatic carbocycles. The summed E-state index contributed by atoms with van der Waals surface area (Å²) >= 11 is 0. The molecule has 1 atom stereocenters. The molecule has 2 rings (SSSR count). The highest BCUT2D eigenvalue weighted by Gasteiger charge is 2.31. The van der Waals surface area contributed by atoms with Gasteiger partial charge in [-0.1, -0.05) is 6.92 Å². The maximum Gasteiger partial charge on any atom is 0.417 e. The minimum atomic E-state index is -4.41. The van der Waals surface area contributed by atoms with Crippen LogP contribution < -0.4 is 10.6 Å². The van der Waals surface area contributed by atoms with Gasteiger partial charge >= 0.3 is 6.18 Å². The number of rotatable bonds is 4. The molecule has 9 heteroatoms. The van der Waals surface area contributed by atoms with Crippen LogP contribution in [0, 0.1) is 0 Å². The van der Waals surface area contributed by atoms with E-state index in [-0.39, 0.29) is 12.6 Å². The number of alkyl halides is 3. The molecule has 0 aliphatic rings. The fourth-order valence-electron chi connectivity index (χ4n) is 1.92. The fourth-order valence-corrected chi connectivity index (χ4v) is 1.92. The normalized spacial score (nSPS) is 14.1. The van der Waals surface area contributed by atoms with Gasteiger partial charge in [0.1, 0.15) is 0 Å². The van der Waals surface area contributed by atoms with Gasteiger partial charge in [0.25, 0.3) is 0 Å². The van der Waals surface area contributed by atoms with Gasteiger partial charge in [-0.15, -0.1) is 10.2 Å². The van der Waals surface area contributed by atoms with Crippen LogP contribution in [0.4, 0.5) is 13.2 Å². The Balaban J connectivity index is 2.17. The first kappa shape index (κ1) is 17.0. The van der Waals surface area contributed by atoms with Crippen molar-refractivity contribution < 1.29 is 13.2 Å². The summed E-state index contributed by atoms with van der Waals surface area (Å²) in [4.78, 5) is 4.07. The third-order valence-electron chi connectivity index (χ3n) is 3.43. The zero-order valence-electron chi connectivity index (χ0n) is 13.1. The van der Waals surface area contributed by atoms with Crippen molar-refractivity contribution >= 4 is 11.6 Å². The van der Waals surface area contributed by atoms with Crippen LogP contribution in [0.3, 0.4) is 0 Å². The number of halogens is 3. The van der Waals surface area contributed by atoms with E-state index in [1.807, 2.05) is 13.8 Å². The van der Waals surface area contributed by atoms with Crippen LogP contribution in [0.2, 0.25) is 0 Å². The van der Waals surface area contributed by atoms with E-state index in [1.54, 1.807) is 7.05 Å². The van der Waals surface area contributed by atoms with E-state index in [9.17, 15) is 13.2 Å². The lowest BCUT2D eigenvalue weighted by atomic mass is 10.3. The number of nitrogens with one attached hydrogen (secondary N) is 2. The first-order valence-corrected chi connectivity index (χ1v) is 7.23. The predicted octanol–water partition coefficient (Wildman–Crippen LogP) is 2.21. The Morgan fingerprint density at radius 1 is 1.35 bits per heavy atom. The van der Waals surface area contributed by atoms with Crippen molar-refractivity contribution in [2.75, 3.05) is 7.05 Å². The summed E-state index contributed by atoms with van der Waals surface area (Å²) in [5.74, 6) is 0.932. The third kappa shape index (κ3) is 4.11. The second-order valence-corrected chi connectivity index (χ2v) is 5.14. The Morgan fingerprint density at radius 2 is 2.09 bits per heavy atom. The smallest absolute Gasteiger partial charge is 0.354 e. The summed E-state index contributed by atoms with van der Waals surface area (Å²) in [7, 11) is 1.63. The molecule has 23 heavy (non-hydrogen) atoms. The first-order chi connectivity index (χ1) is 10.8. The van der Waals surface area contributed by atoms with Crippen LogP contribution in [-0.4, -0.2) is 33.6 Å². The van der Waals surface area contributed by atoms with Crippen molar-refractivity contribution in [2.45, 2.75) is 39.0 Å². The SMILES string of the molecule is CCC(C)NC(=NC)NCc1nnc2ccc(C(F)(F)F)cn12. The zero-order valence-corrected chi connectivity index (χ0v) is 13.1. The van der Waals surface area contributed by atoms with Crippen LogP contribution in [0.5, 0.6) is 0 Å². The highest BCUT2D eigenvalue weighted by atomic mass is 19.4. The molecule has 2 N–H and O–H groups in total. The van der Waals surface area contributed by atoms with E-state index in [0.717, 1.165) is 18.7 Å². The summed E-state index contributed by atoms with van der Waals surface area (Å²) in [6.45, 7) is 4.25. The van der Waals surface area contributed by atoms with Crippen molar-refractivity contribution in [3.63, 3.8) is 0 Å². The minimum absolute atomic E-state index is 0.207.